The second kappa shape index (κ2) is 8.41. The van der Waals surface area contributed by atoms with E-state index in [1.165, 1.54) is 0 Å². The molecule has 1 aliphatic rings. The highest BCUT2D eigenvalue weighted by Crippen LogP contribution is 2.45. The Bertz CT molecular complexity index is 596. The van der Waals surface area contributed by atoms with Crippen LogP contribution < -0.4 is 10.6 Å². The molecule has 0 aliphatic carbocycles. The maximum Gasteiger partial charge on any atom is 0.237 e. The van der Waals surface area contributed by atoms with Crippen molar-refractivity contribution in [2.45, 2.75) is 25.4 Å². The minimum Gasteiger partial charge on any atom is -0.371 e. The van der Waals surface area contributed by atoms with Gasteiger partial charge in [0.15, 0.2) is 5.52 Å². The fourth-order valence-electron chi connectivity index (χ4n) is 2.07. The van der Waals surface area contributed by atoms with Crippen LogP contribution in [0.5, 0.6) is 0 Å². The highest BCUT2D eigenvalue weighted by molar-refractivity contribution is 7.75. The molecule has 0 unspecified atom stereocenters. The van der Waals surface area contributed by atoms with Crippen molar-refractivity contribution in [2.75, 3.05) is 19.7 Å². The molecule has 0 radical (unpaired) electrons. The molecule has 1 aromatic carbocycles. The molecule has 5 nitrogen and oxygen atoms in total. The predicted octanol–water partition coefficient (Wildman–Crippen LogP) is 2.58. The summed E-state index contributed by atoms with van der Waals surface area (Å²) in [5.74, 6) is -0.215. The van der Waals surface area contributed by atoms with Gasteiger partial charge in [-0.2, -0.15) is 0 Å². The van der Waals surface area contributed by atoms with Gasteiger partial charge in [0.2, 0.25) is 5.91 Å². The van der Waals surface area contributed by atoms with Crippen LogP contribution in [-0.2, 0) is 20.7 Å². The van der Waals surface area contributed by atoms with Gasteiger partial charge in [-0.15, -0.1) is 0 Å². The lowest BCUT2D eigenvalue weighted by Crippen LogP contribution is -2.49. The summed E-state index contributed by atoms with van der Waals surface area (Å²) in [5, 5.41) is 6.71. The van der Waals surface area contributed by atoms with Crippen molar-refractivity contribution in [3.05, 3.63) is 33.8 Å². The van der Waals surface area contributed by atoms with Gasteiger partial charge in [-0.25, -0.2) is 0 Å². The number of likely N-dealkylation sites (N-methyl/N-ethyl adjacent to an activating group) is 1. The van der Waals surface area contributed by atoms with Crippen LogP contribution in [0.3, 0.4) is 0 Å². The predicted molar refractivity (Wildman–Crippen MR) is 93.4 cm³/mol. The van der Waals surface area contributed by atoms with Gasteiger partial charge >= 0.3 is 0 Å². The molecule has 0 saturated carbocycles. The number of hydrogen-bond donors (Lipinski definition) is 2. The molecule has 1 fully saturated rings. The van der Waals surface area contributed by atoms with E-state index in [0.717, 1.165) is 5.56 Å². The first kappa shape index (κ1) is 18.6. The van der Waals surface area contributed by atoms with Crippen LogP contribution in [0.15, 0.2) is 18.2 Å². The van der Waals surface area contributed by atoms with E-state index in [2.05, 4.69) is 10.6 Å². The molecule has 126 valence electrons. The molecule has 1 aromatic rings. The zero-order valence-electron chi connectivity index (χ0n) is 12.9. The lowest BCUT2D eigenvalue weighted by Gasteiger charge is -2.30. The largest absolute Gasteiger partial charge is 0.371 e. The average Bonchev–Trinajstić information content (AvgIpc) is 2.46. The molecule has 0 aromatic heterocycles. The number of benzene rings is 1. The first-order chi connectivity index (χ1) is 10.9. The number of hydrogen-bond acceptors (Lipinski definition) is 4. The zero-order chi connectivity index (χ0) is 17.0. The first-order valence-corrected chi connectivity index (χ1v) is 9.67. The van der Waals surface area contributed by atoms with E-state index in [9.17, 15) is 9.59 Å². The Morgan fingerprint density at radius 3 is 2.57 bits per heavy atom. The van der Waals surface area contributed by atoms with Crippen molar-refractivity contribution in [1.82, 2.24) is 10.6 Å². The fourth-order valence-corrected chi connectivity index (χ4v) is 3.77. The van der Waals surface area contributed by atoms with Gasteiger partial charge in [-0.1, -0.05) is 29.3 Å². The molecule has 2 rings (SSSR count). The summed E-state index contributed by atoms with van der Waals surface area (Å²) >= 11 is 12.1. The highest BCUT2D eigenvalue weighted by Gasteiger charge is 2.33. The Balaban J connectivity index is 2.15. The average molecular weight is 377 g/mol. The molecule has 2 atom stereocenters. The Labute approximate surface area is 146 Å². The Morgan fingerprint density at radius 1 is 1.35 bits per heavy atom. The van der Waals surface area contributed by atoms with Gasteiger partial charge in [-0.05, 0) is 31.7 Å². The summed E-state index contributed by atoms with van der Waals surface area (Å²) < 4.78 is 5.11. The molecule has 1 saturated heterocycles. The number of nitrogens with one attached hydrogen (secondary N) is 2. The highest BCUT2D eigenvalue weighted by atomic mass is 35.5. The second-order valence-electron chi connectivity index (χ2n) is 5.35. The molecule has 0 bridgehead atoms. The molecule has 8 heteroatoms. The lowest BCUT2D eigenvalue weighted by molar-refractivity contribution is -0.126. The van der Waals surface area contributed by atoms with E-state index in [4.69, 9.17) is 27.9 Å². The van der Waals surface area contributed by atoms with Crippen LogP contribution in [0.1, 0.15) is 12.5 Å². The summed E-state index contributed by atoms with van der Waals surface area (Å²) in [6.45, 7) is 1.74. The van der Waals surface area contributed by atoms with Crippen LogP contribution in [0.2, 0.25) is 10.0 Å². The maximum atomic E-state index is 12.6. The van der Waals surface area contributed by atoms with Crippen LogP contribution >= 0.6 is 31.1 Å². The summed E-state index contributed by atoms with van der Waals surface area (Å²) in [6, 6.07) is 4.16. The first-order valence-electron chi connectivity index (χ1n) is 7.20. The van der Waals surface area contributed by atoms with E-state index < -0.39 is 14.0 Å². The summed E-state index contributed by atoms with van der Waals surface area (Å²) in [4.78, 5) is 24.7. The minimum absolute atomic E-state index is 0.0360. The number of halogens is 2. The Hall–Kier alpha value is -0.710. The van der Waals surface area contributed by atoms with Gasteiger partial charge in [-0.3, -0.25) is 9.59 Å². The van der Waals surface area contributed by atoms with Crippen molar-refractivity contribution in [1.29, 1.82) is 0 Å². The van der Waals surface area contributed by atoms with Crippen LogP contribution in [0.4, 0.5) is 0 Å². The third-order valence-electron chi connectivity index (χ3n) is 3.69. The van der Waals surface area contributed by atoms with E-state index in [1.54, 1.807) is 32.2 Å². The smallest absolute Gasteiger partial charge is 0.237 e. The van der Waals surface area contributed by atoms with E-state index in [0.29, 0.717) is 29.2 Å². The zero-order valence-corrected chi connectivity index (χ0v) is 15.3. The molecule has 23 heavy (non-hydrogen) atoms. The quantitative estimate of drug-likeness (QED) is 0.717. The van der Waals surface area contributed by atoms with Crippen LogP contribution in [-0.4, -0.2) is 43.3 Å². The van der Waals surface area contributed by atoms with Gasteiger partial charge in [0.05, 0.1) is 24.8 Å². The van der Waals surface area contributed by atoms with Crippen LogP contribution in [0, 0.1) is 0 Å². The van der Waals surface area contributed by atoms with Crippen molar-refractivity contribution >= 4 is 42.6 Å². The maximum absolute atomic E-state index is 12.6. The minimum atomic E-state index is -0.830. The molecule has 1 amide bonds. The summed E-state index contributed by atoms with van der Waals surface area (Å²) in [6.07, 6.45) is 1.28. The fraction of sp³-hybridized carbons (Fsp3) is 0.467. The van der Waals surface area contributed by atoms with E-state index in [-0.39, 0.29) is 17.5 Å². The van der Waals surface area contributed by atoms with Crippen molar-refractivity contribution in [3.8, 4) is 0 Å². The van der Waals surface area contributed by atoms with Gasteiger partial charge < -0.3 is 15.4 Å². The molecular weight excluding hydrogens is 358 g/mol. The van der Waals surface area contributed by atoms with Gasteiger partial charge in [0.1, 0.15) is 0 Å². The number of amides is 1. The lowest BCUT2D eigenvalue weighted by atomic mass is 10.1. The molecular formula is C15H19Cl2N2O3P. The normalized spacial score (nSPS) is 17.2. The Morgan fingerprint density at radius 2 is 2.04 bits per heavy atom. The van der Waals surface area contributed by atoms with Crippen molar-refractivity contribution < 1.29 is 14.3 Å². The SMILES string of the molecule is CN[C@H](C)C(=O)N[C@H](Cc1ccc(Cl)cc1Cl)C(=O)P1COC1. The molecule has 1 aliphatic heterocycles. The third-order valence-corrected chi connectivity index (χ3v) is 6.20. The number of carbonyl (C=O) groups excluding carboxylic acids is 2. The van der Waals surface area contributed by atoms with Crippen molar-refractivity contribution in [2.24, 2.45) is 0 Å². The Kier molecular flexibility index (Phi) is 6.81. The molecule has 0 spiro atoms. The summed E-state index contributed by atoms with van der Waals surface area (Å²) in [5.41, 5.74) is 0.817. The standard InChI is InChI=1S/C15H19Cl2N2O3P/c1-9(18-2)14(20)19-13(15(21)23-7-22-8-23)5-10-3-4-11(16)6-12(10)17/h3-4,6,9,13,18H,5,7-8H2,1-2H3,(H,19,20)/t9-,13-/m1/s1. The van der Waals surface area contributed by atoms with Crippen LogP contribution in [0.25, 0.3) is 0 Å². The molecule has 1 heterocycles. The number of rotatable bonds is 7. The third kappa shape index (κ3) is 4.88. The second-order valence-corrected chi connectivity index (χ2v) is 8.23. The monoisotopic (exact) mass is 376 g/mol. The molecule has 2 N–H and O–H groups in total. The topological polar surface area (TPSA) is 67.4 Å². The number of ether oxygens (including phenoxy) is 1. The summed E-state index contributed by atoms with van der Waals surface area (Å²) in [7, 11) is 0.865. The van der Waals surface area contributed by atoms with E-state index >= 15 is 0 Å². The van der Waals surface area contributed by atoms with Gasteiger partial charge in [0, 0.05) is 24.4 Å². The van der Waals surface area contributed by atoms with Gasteiger partial charge in [0.25, 0.3) is 0 Å². The van der Waals surface area contributed by atoms with E-state index in [1.807, 2.05) is 0 Å². The van der Waals surface area contributed by atoms with Crippen molar-refractivity contribution in [3.63, 3.8) is 0 Å². The number of carbonyl (C=O) groups is 2.